The number of hydrogen-bond acceptors (Lipinski definition) is 1. The number of H-pyrrole nitrogens is 1. The van der Waals surface area contributed by atoms with Crippen LogP contribution in [0, 0.1) is 0 Å². The van der Waals surface area contributed by atoms with E-state index in [0.29, 0.717) is 5.92 Å². The van der Waals surface area contributed by atoms with Gasteiger partial charge in [0, 0.05) is 16.5 Å². The van der Waals surface area contributed by atoms with E-state index >= 15 is 0 Å². The highest BCUT2D eigenvalue weighted by atomic mass is 15.0. The predicted octanol–water partition coefficient (Wildman–Crippen LogP) is 4.13. The summed E-state index contributed by atoms with van der Waals surface area (Å²) >= 11 is 0. The van der Waals surface area contributed by atoms with E-state index in [1.165, 1.54) is 11.4 Å². The SMILES string of the molecule is CC(C)c1nc(C(C)(C)C)[nH]c1C(C)(C)C. The number of aromatic nitrogens is 2. The molecule has 16 heavy (non-hydrogen) atoms. The van der Waals surface area contributed by atoms with Crippen molar-refractivity contribution in [3.05, 3.63) is 17.2 Å². The first kappa shape index (κ1) is 13.3. The highest BCUT2D eigenvalue weighted by Crippen LogP contribution is 2.31. The Kier molecular flexibility index (Phi) is 3.24. The fraction of sp³-hybridized carbons (Fsp3) is 0.786. The molecule has 0 atom stereocenters. The molecule has 0 aliphatic heterocycles. The van der Waals surface area contributed by atoms with Crippen LogP contribution in [0.5, 0.6) is 0 Å². The number of aromatic amines is 1. The Labute approximate surface area is 99.9 Å². The van der Waals surface area contributed by atoms with E-state index in [1.54, 1.807) is 0 Å². The summed E-state index contributed by atoms with van der Waals surface area (Å²) in [4.78, 5) is 8.32. The number of nitrogens with one attached hydrogen (secondary N) is 1. The van der Waals surface area contributed by atoms with Crippen molar-refractivity contribution in [2.75, 3.05) is 0 Å². The first-order valence-electron chi connectivity index (χ1n) is 6.14. The van der Waals surface area contributed by atoms with Crippen LogP contribution in [0.1, 0.15) is 78.5 Å². The zero-order chi connectivity index (χ0) is 12.7. The molecule has 0 aromatic carbocycles. The van der Waals surface area contributed by atoms with Crippen LogP contribution in [-0.2, 0) is 10.8 Å². The lowest BCUT2D eigenvalue weighted by atomic mass is 9.88. The van der Waals surface area contributed by atoms with Crippen LogP contribution in [0.4, 0.5) is 0 Å². The Bertz CT molecular complexity index is 359. The van der Waals surface area contributed by atoms with E-state index in [0.717, 1.165) is 5.82 Å². The molecule has 0 radical (unpaired) electrons. The van der Waals surface area contributed by atoms with Crippen LogP contribution in [0.15, 0.2) is 0 Å². The highest BCUT2D eigenvalue weighted by Gasteiger charge is 2.27. The summed E-state index contributed by atoms with van der Waals surface area (Å²) in [6.45, 7) is 17.7. The van der Waals surface area contributed by atoms with Crippen molar-refractivity contribution in [1.29, 1.82) is 0 Å². The first-order valence-corrected chi connectivity index (χ1v) is 6.14. The second-order valence-electron chi connectivity index (χ2n) is 7.00. The lowest BCUT2D eigenvalue weighted by Gasteiger charge is -2.20. The Morgan fingerprint density at radius 2 is 1.44 bits per heavy atom. The maximum absolute atomic E-state index is 4.79. The molecule has 2 nitrogen and oxygen atoms in total. The molecule has 0 aliphatic carbocycles. The molecular weight excluding hydrogens is 196 g/mol. The molecule has 1 heterocycles. The van der Waals surface area contributed by atoms with Crippen molar-refractivity contribution >= 4 is 0 Å². The second-order valence-corrected chi connectivity index (χ2v) is 7.00. The van der Waals surface area contributed by atoms with Gasteiger partial charge in [-0.3, -0.25) is 0 Å². The third kappa shape index (κ3) is 2.66. The van der Waals surface area contributed by atoms with Gasteiger partial charge in [0.15, 0.2) is 0 Å². The zero-order valence-electron chi connectivity index (χ0n) is 12.0. The minimum Gasteiger partial charge on any atom is -0.345 e. The number of nitrogens with zero attached hydrogens (tertiary/aromatic N) is 1. The van der Waals surface area contributed by atoms with E-state index in [-0.39, 0.29) is 10.8 Å². The average Bonchev–Trinajstić information content (AvgIpc) is 2.44. The lowest BCUT2D eigenvalue weighted by Crippen LogP contribution is -2.16. The molecule has 0 aliphatic rings. The Morgan fingerprint density at radius 1 is 0.938 bits per heavy atom. The van der Waals surface area contributed by atoms with Crippen molar-refractivity contribution in [2.24, 2.45) is 0 Å². The molecule has 0 spiro atoms. The molecule has 0 bridgehead atoms. The Balaban J connectivity index is 3.32. The predicted molar refractivity (Wildman–Crippen MR) is 70.1 cm³/mol. The number of rotatable bonds is 1. The smallest absolute Gasteiger partial charge is 0.112 e. The third-order valence-electron chi connectivity index (χ3n) is 2.74. The molecule has 0 amide bonds. The van der Waals surface area contributed by atoms with Gasteiger partial charge in [0.05, 0.1) is 5.69 Å². The van der Waals surface area contributed by atoms with Crippen LogP contribution < -0.4 is 0 Å². The topological polar surface area (TPSA) is 28.7 Å². The van der Waals surface area contributed by atoms with Gasteiger partial charge in [-0.1, -0.05) is 55.4 Å². The van der Waals surface area contributed by atoms with E-state index in [9.17, 15) is 0 Å². The third-order valence-corrected chi connectivity index (χ3v) is 2.74. The Morgan fingerprint density at radius 3 is 1.69 bits per heavy atom. The molecule has 1 rings (SSSR count). The van der Waals surface area contributed by atoms with Crippen molar-refractivity contribution < 1.29 is 0 Å². The minimum atomic E-state index is 0.0904. The largest absolute Gasteiger partial charge is 0.345 e. The molecule has 0 fully saturated rings. The van der Waals surface area contributed by atoms with Crippen molar-refractivity contribution in [3.8, 4) is 0 Å². The van der Waals surface area contributed by atoms with E-state index in [2.05, 4.69) is 60.4 Å². The van der Waals surface area contributed by atoms with Crippen molar-refractivity contribution in [3.63, 3.8) is 0 Å². The van der Waals surface area contributed by atoms with E-state index in [4.69, 9.17) is 4.98 Å². The van der Waals surface area contributed by atoms with E-state index < -0.39 is 0 Å². The standard InChI is InChI=1S/C14H26N2/c1-9(2)10-11(13(3,4)5)16-12(15-10)14(6,7)8/h9H,1-8H3,(H,15,16). The molecule has 1 aromatic rings. The summed E-state index contributed by atoms with van der Waals surface area (Å²) in [5.41, 5.74) is 2.73. The summed E-state index contributed by atoms with van der Waals surface area (Å²) in [6, 6.07) is 0. The van der Waals surface area contributed by atoms with Crippen LogP contribution >= 0.6 is 0 Å². The highest BCUT2D eigenvalue weighted by molar-refractivity contribution is 5.26. The van der Waals surface area contributed by atoms with Gasteiger partial charge < -0.3 is 4.98 Å². The first-order chi connectivity index (χ1) is 7.03. The van der Waals surface area contributed by atoms with Crippen LogP contribution in [0.2, 0.25) is 0 Å². The zero-order valence-corrected chi connectivity index (χ0v) is 12.0. The molecule has 0 saturated carbocycles. The van der Waals surface area contributed by atoms with Gasteiger partial charge >= 0.3 is 0 Å². The van der Waals surface area contributed by atoms with Crippen LogP contribution in [0.3, 0.4) is 0 Å². The molecule has 92 valence electrons. The quantitative estimate of drug-likeness (QED) is 0.760. The lowest BCUT2D eigenvalue weighted by molar-refractivity contribution is 0.534. The molecule has 2 heteroatoms. The molecule has 0 saturated heterocycles. The van der Waals surface area contributed by atoms with Gasteiger partial charge in [-0.15, -0.1) is 0 Å². The Hall–Kier alpha value is -0.790. The summed E-state index contributed by atoms with van der Waals surface area (Å²) in [5, 5.41) is 0. The number of hydrogen-bond donors (Lipinski definition) is 1. The maximum Gasteiger partial charge on any atom is 0.112 e. The van der Waals surface area contributed by atoms with Crippen molar-refractivity contribution in [2.45, 2.75) is 72.1 Å². The van der Waals surface area contributed by atoms with Gasteiger partial charge in [-0.25, -0.2) is 4.98 Å². The minimum absolute atomic E-state index is 0.0904. The monoisotopic (exact) mass is 222 g/mol. The molecule has 0 unspecified atom stereocenters. The van der Waals surface area contributed by atoms with Crippen molar-refractivity contribution in [1.82, 2.24) is 9.97 Å². The summed E-state index contributed by atoms with van der Waals surface area (Å²) in [5.74, 6) is 1.57. The fourth-order valence-corrected chi connectivity index (χ4v) is 1.73. The average molecular weight is 222 g/mol. The normalized spacial score (nSPS) is 13.6. The van der Waals surface area contributed by atoms with Gasteiger partial charge in [-0.05, 0) is 5.92 Å². The van der Waals surface area contributed by atoms with Gasteiger partial charge in [0.2, 0.25) is 0 Å². The fourth-order valence-electron chi connectivity index (χ4n) is 1.73. The molecule has 1 aromatic heterocycles. The van der Waals surface area contributed by atoms with Crippen LogP contribution in [-0.4, -0.2) is 9.97 Å². The van der Waals surface area contributed by atoms with Crippen LogP contribution in [0.25, 0.3) is 0 Å². The molecular formula is C14H26N2. The maximum atomic E-state index is 4.79. The molecule has 1 N–H and O–H groups in total. The summed E-state index contributed by atoms with van der Waals surface area (Å²) in [7, 11) is 0. The second kappa shape index (κ2) is 3.90. The summed E-state index contributed by atoms with van der Waals surface area (Å²) < 4.78 is 0. The summed E-state index contributed by atoms with van der Waals surface area (Å²) in [6.07, 6.45) is 0. The number of imidazole rings is 1. The van der Waals surface area contributed by atoms with E-state index in [1.807, 2.05) is 0 Å². The van der Waals surface area contributed by atoms with Gasteiger partial charge in [0.1, 0.15) is 5.82 Å². The van der Waals surface area contributed by atoms with Gasteiger partial charge in [0.25, 0.3) is 0 Å². The van der Waals surface area contributed by atoms with Gasteiger partial charge in [-0.2, -0.15) is 0 Å².